The third-order valence-corrected chi connectivity index (χ3v) is 11.6. The van der Waals surface area contributed by atoms with Gasteiger partial charge in [-0.3, -0.25) is 14.4 Å². The molecule has 9 atom stereocenters. The number of hydrogen-bond acceptors (Lipinski definition) is 3. The lowest BCUT2D eigenvalue weighted by Crippen LogP contribution is -2.44. The molecule has 3 saturated carbocycles. The van der Waals surface area contributed by atoms with Gasteiger partial charge in [-0.1, -0.05) is 80.1 Å². The zero-order chi connectivity index (χ0) is 32.5. The van der Waals surface area contributed by atoms with E-state index in [1.165, 1.54) is 38.5 Å². The lowest BCUT2D eigenvalue weighted by Gasteiger charge is -2.35. The molecule has 3 N–H and O–H groups in total. The van der Waals surface area contributed by atoms with E-state index >= 15 is 0 Å². The average Bonchev–Trinajstić information content (AvgIpc) is 3.01. The summed E-state index contributed by atoms with van der Waals surface area (Å²) >= 11 is 0. The maximum atomic E-state index is 13.7. The fraction of sp³-hybridized carbons (Fsp3) is 0.769. The Morgan fingerprint density at radius 3 is 1.00 bits per heavy atom. The van der Waals surface area contributed by atoms with Crippen LogP contribution in [0.2, 0.25) is 0 Å². The SMILES string of the molecule is CCCC1CCC(NC(=O)c2cc(C(=O)NC3CCC(CCC)CC3C)cc(C(=O)NC3CCC(CCC)CC3C)c2)C(C)C1. The molecule has 3 fully saturated rings. The Labute approximate surface area is 274 Å². The van der Waals surface area contributed by atoms with Gasteiger partial charge in [0, 0.05) is 34.8 Å². The molecule has 3 aliphatic carbocycles. The number of amides is 3. The third kappa shape index (κ3) is 9.81. The Morgan fingerprint density at radius 2 is 0.778 bits per heavy atom. The largest absolute Gasteiger partial charge is 0.349 e. The minimum Gasteiger partial charge on any atom is -0.349 e. The van der Waals surface area contributed by atoms with E-state index in [1.807, 2.05) is 0 Å². The second kappa shape index (κ2) is 17.0. The predicted octanol–water partition coefficient (Wildman–Crippen LogP) is 8.69. The first-order valence-corrected chi connectivity index (χ1v) is 18.7. The Balaban J connectivity index is 1.51. The van der Waals surface area contributed by atoms with Gasteiger partial charge in [-0.25, -0.2) is 0 Å². The van der Waals surface area contributed by atoms with Crippen molar-refractivity contribution in [1.29, 1.82) is 0 Å². The number of nitrogens with one attached hydrogen (secondary N) is 3. The quantitative estimate of drug-likeness (QED) is 0.218. The van der Waals surface area contributed by atoms with Gasteiger partial charge >= 0.3 is 0 Å². The Bertz CT molecular complexity index is 984. The predicted molar refractivity (Wildman–Crippen MR) is 184 cm³/mol. The fourth-order valence-electron chi connectivity index (χ4n) is 8.95. The van der Waals surface area contributed by atoms with E-state index in [0.717, 1.165) is 75.5 Å². The van der Waals surface area contributed by atoms with Gasteiger partial charge in [-0.05, 0) is 111 Å². The van der Waals surface area contributed by atoms with Crippen molar-refractivity contribution in [3.63, 3.8) is 0 Å². The van der Waals surface area contributed by atoms with Crippen molar-refractivity contribution in [2.24, 2.45) is 35.5 Å². The van der Waals surface area contributed by atoms with E-state index in [1.54, 1.807) is 18.2 Å². The Morgan fingerprint density at radius 1 is 0.511 bits per heavy atom. The first-order valence-electron chi connectivity index (χ1n) is 18.7. The average molecular weight is 622 g/mol. The highest BCUT2D eigenvalue weighted by atomic mass is 16.2. The van der Waals surface area contributed by atoms with Crippen molar-refractivity contribution in [2.45, 2.75) is 156 Å². The molecule has 9 unspecified atom stereocenters. The minimum absolute atomic E-state index is 0.110. The van der Waals surface area contributed by atoms with Crippen LogP contribution in [0.25, 0.3) is 0 Å². The lowest BCUT2D eigenvalue weighted by molar-refractivity contribution is 0.0894. The van der Waals surface area contributed by atoms with Gasteiger partial charge < -0.3 is 16.0 Å². The monoisotopic (exact) mass is 621 g/mol. The van der Waals surface area contributed by atoms with E-state index in [-0.39, 0.29) is 35.8 Å². The van der Waals surface area contributed by atoms with E-state index in [2.05, 4.69) is 57.5 Å². The highest BCUT2D eigenvalue weighted by Crippen LogP contribution is 2.34. The van der Waals surface area contributed by atoms with Crippen LogP contribution in [0.15, 0.2) is 18.2 Å². The molecular weight excluding hydrogens is 558 g/mol. The van der Waals surface area contributed by atoms with Crippen LogP contribution in [-0.4, -0.2) is 35.8 Å². The molecule has 4 rings (SSSR count). The standard InChI is InChI=1S/C39H63N3O3/c1-7-10-28-13-16-34(25(4)19-28)40-37(43)31-22-32(38(44)41-35-17-14-29(11-8-2)20-26(35)5)24-33(23-31)39(45)42-36-18-15-30(12-9-3)21-27(36)6/h22-30,34-36H,7-21H2,1-6H3,(H,40,43)(H,41,44)(H,42,45). The van der Waals surface area contributed by atoms with Gasteiger partial charge in [0.25, 0.3) is 17.7 Å². The summed E-state index contributed by atoms with van der Waals surface area (Å²) in [5.74, 6) is 2.86. The fourth-order valence-corrected chi connectivity index (χ4v) is 8.95. The zero-order valence-electron chi connectivity index (χ0n) is 29.3. The normalized spacial score (nSPS) is 32.0. The molecule has 1 aromatic carbocycles. The van der Waals surface area contributed by atoms with Crippen LogP contribution in [0.1, 0.15) is 169 Å². The molecular formula is C39H63N3O3. The van der Waals surface area contributed by atoms with E-state index in [9.17, 15) is 14.4 Å². The molecule has 0 radical (unpaired) electrons. The molecule has 0 saturated heterocycles. The van der Waals surface area contributed by atoms with Crippen LogP contribution in [0, 0.1) is 35.5 Å². The molecule has 252 valence electrons. The summed E-state index contributed by atoms with van der Waals surface area (Å²) < 4.78 is 0. The molecule has 0 aliphatic heterocycles. The first kappa shape index (κ1) is 35.5. The second-order valence-corrected chi connectivity index (χ2v) is 15.4. The third-order valence-electron chi connectivity index (χ3n) is 11.6. The number of benzene rings is 1. The second-order valence-electron chi connectivity index (χ2n) is 15.4. The molecule has 0 aromatic heterocycles. The summed E-state index contributed by atoms with van der Waals surface area (Å²) in [4.78, 5) is 41.2. The first-order chi connectivity index (χ1) is 21.6. The van der Waals surface area contributed by atoms with Gasteiger partial charge in [0.05, 0.1) is 0 Å². The zero-order valence-corrected chi connectivity index (χ0v) is 29.3. The molecule has 3 amide bonds. The summed E-state index contributed by atoms with van der Waals surface area (Å²) in [6.07, 6.45) is 17.1. The van der Waals surface area contributed by atoms with Gasteiger partial charge in [0.1, 0.15) is 0 Å². The molecule has 0 spiro atoms. The number of hydrogen-bond donors (Lipinski definition) is 3. The van der Waals surface area contributed by atoms with Gasteiger partial charge in [0.15, 0.2) is 0 Å². The van der Waals surface area contributed by atoms with Crippen molar-refractivity contribution < 1.29 is 14.4 Å². The Hall–Kier alpha value is -2.37. The van der Waals surface area contributed by atoms with Crippen molar-refractivity contribution in [2.75, 3.05) is 0 Å². The van der Waals surface area contributed by atoms with Crippen molar-refractivity contribution in [1.82, 2.24) is 16.0 Å². The van der Waals surface area contributed by atoms with Crippen LogP contribution in [0.5, 0.6) is 0 Å². The lowest BCUT2D eigenvalue weighted by atomic mass is 9.77. The minimum atomic E-state index is -0.189. The highest BCUT2D eigenvalue weighted by molar-refractivity contribution is 6.04. The molecule has 0 heterocycles. The van der Waals surface area contributed by atoms with Crippen LogP contribution >= 0.6 is 0 Å². The van der Waals surface area contributed by atoms with Crippen molar-refractivity contribution >= 4 is 17.7 Å². The molecule has 0 bridgehead atoms. The van der Waals surface area contributed by atoms with Crippen LogP contribution in [0.4, 0.5) is 0 Å². The molecule has 6 heteroatoms. The number of rotatable bonds is 12. The highest BCUT2D eigenvalue weighted by Gasteiger charge is 2.32. The Kier molecular flexibility index (Phi) is 13.4. The van der Waals surface area contributed by atoms with Gasteiger partial charge in [0.2, 0.25) is 0 Å². The summed E-state index contributed by atoms with van der Waals surface area (Å²) in [5, 5.41) is 9.86. The van der Waals surface area contributed by atoms with Crippen molar-refractivity contribution in [3.05, 3.63) is 34.9 Å². The summed E-state index contributed by atoms with van der Waals surface area (Å²) in [7, 11) is 0. The smallest absolute Gasteiger partial charge is 0.251 e. The topological polar surface area (TPSA) is 87.3 Å². The van der Waals surface area contributed by atoms with Gasteiger partial charge in [-0.15, -0.1) is 0 Å². The van der Waals surface area contributed by atoms with E-state index < -0.39 is 0 Å². The summed E-state index contributed by atoms with van der Waals surface area (Å²) in [6, 6.07) is 5.42. The van der Waals surface area contributed by atoms with Crippen LogP contribution < -0.4 is 16.0 Å². The maximum absolute atomic E-state index is 13.7. The van der Waals surface area contributed by atoms with Crippen LogP contribution in [0.3, 0.4) is 0 Å². The molecule has 6 nitrogen and oxygen atoms in total. The number of carbonyl (C=O) groups excluding carboxylic acids is 3. The van der Waals surface area contributed by atoms with Crippen molar-refractivity contribution in [3.8, 4) is 0 Å². The number of carbonyl (C=O) groups is 3. The van der Waals surface area contributed by atoms with E-state index in [0.29, 0.717) is 34.4 Å². The molecule has 45 heavy (non-hydrogen) atoms. The van der Waals surface area contributed by atoms with Crippen LogP contribution in [-0.2, 0) is 0 Å². The molecule has 3 aliphatic rings. The van der Waals surface area contributed by atoms with Gasteiger partial charge in [-0.2, -0.15) is 0 Å². The summed E-state index contributed by atoms with van der Waals surface area (Å²) in [6.45, 7) is 13.4. The van der Waals surface area contributed by atoms with E-state index in [4.69, 9.17) is 0 Å². The molecule has 1 aromatic rings. The maximum Gasteiger partial charge on any atom is 0.251 e. The summed E-state index contributed by atoms with van der Waals surface area (Å²) in [5.41, 5.74) is 1.19.